The predicted octanol–water partition coefficient (Wildman–Crippen LogP) is 3.11. The summed E-state index contributed by atoms with van der Waals surface area (Å²) in [4.78, 5) is 24.6. The molecule has 0 atom stereocenters. The Labute approximate surface area is 150 Å². The molecule has 2 aromatic carbocycles. The lowest BCUT2D eigenvalue weighted by Gasteiger charge is -2.16. The van der Waals surface area contributed by atoms with E-state index in [1.54, 1.807) is 30.1 Å². The highest BCUT2D eigenvalue weighted by Gasteiger charge is 2.22. The van der Waals surface area contributed by atoms with E-state index in [0.29, 0.717) is 13.1 Å². The fraction of sp³-hybridized carbons (Fsp3) is 0.158. The summed E-state index contributed by atoms with van der Waals surface area (Å²) in [5, 5.41) is 15.4. The smallest absolute Gasteiger partial charge is 0.282 e. The summed E-state index contributed by atoms with van der Waals surface area (Å²) in [7, 11) is 1.62. The van der Waals surface area contributed by atoms with E-state index in [1.807, 2.05) is 36.5 Å². The quantitative estimate of drug-likeness (QED) is 0.505. The molecule has 0 aliphatic carbocycles. The number of rotatable bonds is 6. The first-order valence-corrected chi connectivity index (χ1v) is 8.09. The lowest BCUT2D eigenvalue weighted by atomic mass is 10.1. The number of amides is 1. The number of hydrogen-bond donors (Lipinski definition) is 0. The minimum absolute atomic E-state index is 0.0803. The average Bonchev–Trinajstić information content (AvgIpc) is 3.08. The van der Waals surface area contributed by atoms with Crippen LogP contribution in [0.4, 0.5) is 5.69 Å². The third-order valence-corrected chi connectivity index (χ3v) is 3.97. The fourth-order valence-corrected chi connectivity index (χ4v) is 2.71. The minimum atomic E-state index is -0.543. The first kappa shape index (κ1) is 17.3. The summed E-state index contributed by atoms with van der Waals surface area (Å²) < 4.78 is 1.80. The third-order valence-electron chi connectivity index (χ3n) is 3.97. The molecule has 0 unspecified atom stereocenters. The molecule has 0 fully saturated rings. The number of nitrogens with zero attached hydrogens (tertiary/aromatic N) is 4. The standard InChI is InChI=1S/C19H18N4O3/c1-21(19(24)17-9-5-6-10-18(17)23(25)26)12-16-11-20-22(14-16)13-15-7-3-2-4-8-15/h2-11,14H,12-13H2,1H3. The topological polar surface area (TPSA) is 81.3 Å². The van der Waals surface area contributed by atoms with Gasteiger partial charge in [-0.3, -0.25) is 19.6 Å². The van der Waals surface area contributed by atoms with Gasteiger partial charge in [0, 0.05) is 31.4 Å². The maximum Gasteiger partial charge on any atom is 0.282 e. The number of carbonyl (C=O) groups is 1. The van der Waals surface area contributed by atoms with Crippen molar-refractivity contribution in [3.63, 3.8) is 0 Å². The van der Waals surface area contributed by atoms with Gasteiger partial charge >= 0.3 is 0 Å². The maximum absolute atomic E-state index is 12.6. The average molecular weight is 350 g/mol. The van der Waals surface area contributed by atoms with Crippen molar-refractivity contribution in [1.29, 1.82) is 0 Å². The van der Waals surface area contributed by atoms with Gasteiger partial charge in [-0.2, -0.15) is 5.10 Å². The van der Waals surface area contributed by atoms with Gasteiger partial charge in [0.1, 0.15) is 5.56 Å². The molecule has 0 aliphatic rings. The third kappa shape index (κ3) is 3.94. The second-order valence-corrected chi connectivity index (χ2v) is 5.97. The van der Waals surface area contributed by atoms with Gasteiger partial charge in [0.05, 0.1) is 17.7 Å². The summed E-state index contributed by atoms with van der Waals surface area (Å²) in [5.41, 5.74) is 1.88. The molecule has 0 bridgehead atoms. The van der Waals surface area contributed by atoms with Gasteiger partial charge < -0.3 is 4.90 Å². The van der Waals surface area contributed by atoms with Crippen LogP contribution in [0.15, 0.2) is 67.0 Å². The van der Waals surface area contributed by atoms with Crippen molar-refractivity contribution in [3.8, 4) is 0 Å². The van der Waals surface area contributed by atoms with Gasteiger partial charge in [0.15, 0.2) is 0 Å². The van der Waals surface area contributed by atoms with Crippen LogP contribution < -0.4 is 0 Å². The zero-order valence-electron chi connectivity index (χ0n) is 14.3. The van der Waals surface area contributed by atoms with Gasteiger partial charge in [-0.25, -0.2) is 0 Å². The lowest BCUT2D eigenvalue weighted by Crippen LogP contribution is -2.26. The Morgan fingerprint density at radius 1 is 1.12 bits per heavy atom. The number of nitro groups is 1. The van der Waals surface area contributed by atoms with Crippen molar-refractivity contribution in [3.05, 3.63) is 93.8 Å². The van der Waals surface area contributed by atoms with Gasteiger partial charge in [-0.05, 0) is 11.6 Å². The van der Waals surface area contributed by atoms with Crippen LogP contribution in [-0.4, -0.2) is 32.6 Å². The van der Waals surface area contributed by atoms with Crippen LogP contribution in [0.2, 0.25) is 0 Å². The van der Waals surface area contributed by atoms with Crippen LogP contribution in [0.25, 0.3) is 0 Å². The van der Waals surface area contributed by atoms with E-state index >= 15 is 0 Å². The molecule has 0 spiro atoms. The second kappa shape index (κ2) is 7.60. The molecule has 3 aromatic rings. The maximum atomic E-state index is 12.6. The largest absolute Gasteiger partial charge is 0.337 e. The number of para-hydroxylation sites is 1. The van der Waals surface area contributed by atoms with Crippen LogP contribution in [-0.2, 0) is 13.1 Å². The Morgan fingerprint density at radius 3 is 2.54 bits per heavy atom. The number of carbonyl (C=O) groups excluding carboxylic acids is 1. The van der Waals surface area contributed by atoms with Crippen LogP contribution >= 0.6 is 0 Å². The summed E-state index contributed by atoms with van der Waals surface area (Å²) in [6.07, 6.45) is 3.57. The highest BCUT2D eigenvalue weighted by Crippen LogP contribution is 2.20. The first-order valence-electron chi connectivity index (χ1n) is 8.09. The van der Waals surface area contributed by atoms with E-state index in [4.69, 9.17) is 0 Å². The molecule has 1 heterocycles. The van der Waals surface area contributed by atoms with Gasteiger partial charge in [-0.15, -0.1) is 0 Å². The Kier molecular flexibility index (Phi) is 5.07. The molecular weight excluding hydrogens is 332 g/mol. The van der Waals surface area contributed by atoms with Crippen molar-refractivity contribution in [1.82, 2.24) is 14.7 Å². The fourth-order valence-electron chi connectivity index (χ4n) is 2.71. The molecule has 3 rings (SSSR count). The second-order valence-electron chi connectivity index (χ2n) is 5.97. The summed E-state index contributed by atoms with van der Waals surface area (Å²) in [5.74, 6) is -0.395. The summed E-state index contributed by atoms with van der Waals surface area (Å²) in [6.45, 7) is 0.961. The van der Waals surface area contributed by atoms with E-state index in [2.05, 4.69) is 5.10 Å². The molecule has 132 valence electrons. The zero-order chi connectivity index (χ0) is 18.5. The van der Waals surface area contributed by atoms with Crippen LogP contribution in [0.1, 0.15) is 21.5 Å². The number of hydrogen-bond acceptors (Lipinski definition) is 4. The minimum Gasteiger partial charge on any atom is -0.337 e. The number of aromatic nitrogens is 2. The highest BCUT2D eigenvalue weighted by atomic mass is 16.6. The van der Waals surface area contributed by atoms with E-state index in [0.717, 1.165) is 11.1 Å². The monoisotopic (exact) mass is 350 g/mol. The van der Waals surface area contributed by atoms with E-state index in [1.165, 1.54) is 17.0 Å². The Balaban J connectivity index is 1.70. The molecule has 26 heavy (non-hydrogen) atoms. The van der Waals surface area contributed by atoms with Crippen LogP contribution in [0.3, 0.4) is 0 Å². The van der Waals surface area contributed by atoms with Gasteiger partial charge in [0.25, 0.3) is 11.6 Å². The van der Waals surface area contributed by atoms with Crippen molar-refractivity contribution in [2.24, 2.45) is 0 Å². The molecule has 1 amide bonds. The molecule has 0 aliphatic heterocycles. The van der Waals surface area contributed by atoms with Crippen molar-refractivity contribution >= 4 is 11.6 Å². The predicted molar refractivity (Wildman–Crippen MR) is 96.7 cm³/mol. The van der Waals surface area contributed by atoms with Crippen LogP contribution in [0, 0.1) is 10.1 Å². The molecule has 0 radical (unpaired) electrons. The molecule has 7 nitrogen and oxygen atoms in total. The normalized spacial score (nSPS) is 10.5. The van der Waals surface area contributed by atoms with Crippen molar-refractivity contribution in [2.45, 2.75) is 13.1 Å². The highest BCUT2D eigenvalue weighted by molar-refractivity contribution is 5.97. The van der Waals surface area contributed by atoms with Gasteiger partial charge in [0.2, 0.25) is 0 Å². The van der Waals surface area contributed by atoms with E-state index in [-0.39, 0.29) is 11.3 Å². The molecule has 1 aromatic heterocycles. The molecular formula is C19H18N4O3. The molecule has 0 saturated heterocycles. The number of nitro benzene ring substituents is 1. The molecule has 0 N–H and O–H groups in total. The lowest BCUT2D eigenvalue weighted by molar-refractivity contribution is -0.385. The summed E-state index contributed by atoms with van der Waals surface area (Å²) in [6, 6.07) is 15.9. The van der Waals surface area contributed by atoms with Crippen LogP contribution in [0.5, 0.6) is 0 Å². The number of benzene rings is 2. The Hall–Kier alpha value is -3.48. The first-order chi connectivity index (χ1) is 12.5. The molecule has 7 heteroatoms. The molecule has 0 saturated carbocycles. The van der Waals surface area contributed by atoms with E-state index in [9.17, 15) is 14.9 Å². The zero-order valence-corrected chi connectivity index (χ0v) is 14.3. The van der Waals surface area contributed by atoms with Gasteiger partial charge in [-0.1, -0.05) is 42.5 Å². The van der Waals surface area contributed by atoms with Crippen molar-refractivity contribution in [2.75, 3.05) is 7.05 Å². The van der Waals surface area contributed by atoms with Crippen molar-refractivity contribution < 1.29 is 9.72 Å². The van der Waals surface area contributed by atoms with E-state index < -0.39 is 10.8 Å². The SMILES string of the molecule is CN(Cc1cnn(Cc2ccccc2)c1)C(=O)c1ccccc1[N+](=O)[O-]. The Morgan fingerprint density at radius 2 is 1.81 bits per heavy atom. The Bertz CT molecular complexity index is 921. The summed E-state index contributed by atoms with van der Waals surface area (Å²) >= 11 is 0.